The minimum absolute atomic E-state index is 0.205. The van der Waals surface area contributed by atoms with Gasteiger partial charge in [-0.15, -0.1) is 0 Å². The smallest absolute Gasteiger partial charge is 0.314 e. The largest absolute Gasteiger partial charge is 0.436 e. The first-order chi connectivity index (χ1) is 19.0. The molecule has 5 aliphatic rings. The van der Waals surface area contributed by atoms with Crippen LogP contribution in [0.5, 0.6) is 0 Å². The summed E-state index contributed by atoms with van der Waals surface area (Å²) >= 11 is 0. The molecule has 0 radical (unpaired) electrons. The van der Waals surface area contributed by atoms with Crippen LogP contribution in [0.4, 0.5) is 4.79 Å². The van der Waals surface area contributed by atoms with Crippen molar-refractivity contribution in [2.24, 2.45) is 45.6 Å². The zero-order chi connectivity index (χ0) is 28.7. The fraction of sp³-hybridized carbons (Fsp3) is 0.848. The SMILES string of the molecule is C/C(=N\OC(=O)N(CCC1CC(C)CN1)CCN(C)C)[C@H]1CC[C@H]2[C@@H]3CCC4=CC(=O)CC[C@]4(C)[C@H]3CC[C@]12C. The van der Waals surface area contributed by atoms with Crippen molar-refractivity contribution >= 4 is 17.6 Å². The van der Waals surface area contributed by atoms with Crippen molar-refractivity contribution in [1.82, 2.24) is 15.1 Å². The summed E-state index contributed by atoms with van der Waals surface area (Å²) in [7, 11) is 4.07. The van der Waals surface area contributed by atoms with Crippen molar-refractivity contribution in [3.8, 4) is 0 Å². The summed E-state index contributed by atoms with van der Waals surface area (Å²) in [6, 6.07) is 0.475. The number of oxime groups is 1. The van der Waals surface area contributed by atoms with Gasteiger partial charge in [0.25, 0.3) is 0 Å². The molecule has 1 saturated heterocycles. The van der Waals surface area contributed by atoms with Crippen LogP contribution in [-0.4, -0.2) is 73.7 Å². The van der Waals surface area contributed by atoms with Crippen molar-refractivity contribution in [2.75, 3.05) is 40.3 Å². The predicted octanol–water partition coefficient (Wildman–Crippen LogP) is 5.90. The van der Waals surface area contributed by atoms with E-state index in [1.807, 2.05) is 25.1 Å². The maximum atomic E-state index is 13.2. The monoisotopic (exact) mass is 554 g/mol. The lowest BCUT2D eigenvalue weighted by Gasteiger charge is -2.58. The number of rotatable bonds is 8. The minimum atomic E-state index is -0.318. The van der Waals surface area contributed by atoms with Gasteiger partial charge in [-0.2, -0.15) is 0 Å². The number of hydrogen-bond acceptors (Lipinski definition) is 6. The highest BCUT2D eigenvalue weighted by Gasteiger charge is 2.59. The van der Waals surface area contributed by atoms with E-state index in [4.69, 9.17) is 4.84 Å². The van der Waals surface area contributed by atoms with Crippen LogP contribution in [0.2, 0.25) is 0 Å². The van der Waals surface area contributed by atoms with Gasteiger partial charge in [-0.3, -0.25) is 9.63 Å². The van der Waals surface area contributed by atoms with Crippen LogP contribution in [0.3, 0.4) is 0 Å². The Morgan fingerprint density at radius 3 is 2.60 bits per heavy atom. The molecule has 0 aromatic carbocycles. The molecule has 8 atom stereocenters. The Morgan fingerprint density at radius 2 is 1.88 bits per heavy atom. The van der Waals surface area contributed by atoms with Gasteiger partial charge in [0.15, 0.2) is 5.78 Å². The molecule has 1 amide bonds. The van der Waals surface area contributed by atoms with Gasteiger partial charge in [0.2, 0.25) is 0 Å². The van der Waals surface area contributed by atoms with Crippen molar-refractivity contribution in [1.29, 1.82) is 0 Å². The number of nitrogens with zero attached hydrogens (tertiary/aromatic N) is 3. The predicted molar refractivity (Wildman–Crippen MR) is 160 cm³/mol. The first kappa shape index (κ1) is 29.8. The normalized spacial score (nSPS) is 39.4. The molecule has 4 fully saturated rings. The molecule has 7 heteroatoms. The third-order valence-electron chi connectivity index (χ3n) is 12.0. The third kappa shape index (κ3) is 5.79. The summed E-state index contributed by atoms with van der Waals surface area (Å²) in [5.74, 6) is 3.50. The number of amides is 1. The molecule has 7 nitrogen and oxygen atoms in total. The first-order valence-electron chi connectivity index (χ1n) is 16.1. The van der Waals surface area contributed by atoms with Gasteiger partial charge in [-0.25, -0.2) is 4.79 Å². The Balaban J connectivity index is 1.23. The molecule has 4 aliphatic carbocycles. The number of carbonyl (C=O) groups excluding carboxylic acids is 2. The number of carbonyl (C=O) groups is 2. The molecule has 3 saturated carbocycles. The average Bonchev–Trinajstić information content (AvgIpc) is 3.49. The second-order valence-corrected chi connectivity index (χ2v) is 14.8. The van der Waals surface area contributed by atoms with E-state index in [1.54, 1.807) is 0 Å². The molecule has 224 valence electrons. The zero-order valence-corrected chi connectivity index (χ0v) is 26.0. The van der Waals surface area contributed by atoms with Crippen LogP contribution in [0.25, 0.3) is 0 Å². The molecular weight excluding hydrogens is 500 g/mol. The quantitative estimate of drug-likeness (QED) is 0.230. The highest BCUT2D eigenvalue weighted by molar-refractivity contribution is 5.91. The topological polar surface area (TPSA) is 74.2 Å². The van der Waals surface area contributed by atoms with E-state index in [0.717, 1.165) is 50.4 Å². The third-order valence-corrected chi connectivity index (χ3v) is 12.0. The minimum Gasteiger partial charge on any atom is -0.314 e. The summed E-state index contributed by atoms with van der Waals surface area (Å²) in [5.41, 5.74) is 2.83. The lowest BCUT2D eigenvalue weighted by atomic mass is 9.46. The van der Waals surface area contributed by atoms with Gasteiger partial charge >= 0.3 is 6.09 Å². The lowest BCUT2D eigenvalue weighted by molar-refractivity contribution is -0.117. The zero-order valence-electron chi connectivity index (χ0n) is 26.0. The number of allylic oxidation sites excluding steroid dienone is 1. The number of nitrogens with one attached hydrogen (secondary N) is 1. The van der Waals surface area contributed by atoms with E-state index < -0.39 is 0 Å². The maximum Gasteiger partial charge on any atom is 0.436 e. The van der Waals surface area contributed by atoms with Crippen molar-refractivity contribution in [3.05, 3.63) is 11.6 Å². The molecule has 0 bridgehead atoms. The fourth-order valence-corrected chi connectivity index (χ4v) is 9.64. The maximum absolute atomic E-state index is 13.2. The Hall–Kier alpha value is -1.73. The van der Waals surface area contributed by atoms with E-state index >= 15 is 0 Å². The molecular formula is C33H54N4O3. The van der Waals surface area contributed by atoms with Crippen LogP contribution < -0.4 is 5.32 Å². The first-order valence-corrected chi connectivity index (χ1v) is 16.1. The summed E-state index contributed by atoms with van der Waals surface area (Å²) in [6.07, 6.45) is 12.6. The van der Waals surface area contributed by atoms with E-state index in [1.165, 1.54) is 37.7 Å². The van der Waals surface area contributed by atoms with Crippen LogP contribution in [0, 0.1) is 40.4 Å². The van der Waals surface area contributed by atoms with Crippen molar-refractivity contribution in [2.45, 2.75) is 97.9 Å². The standard InChI is InChI=1S/C33H54N4O3/c1-22-19-25(34-21-22)13-16-37(18-17-36(5)6)31(39)40-35-23(2)28-9-10-29-27-8-7-24-20-26(38)11-14-32(24,3)30(27)12-15-33(28,29)4/h20,22,25,27-30,34H,7-19,21H2,1-6H3/b35-23+/t22?,25?,27-,28+,29-,30-,32-,33+/m0/s1. The van der Waals surface area contributed by atoms with Gasteiger partial charge in [0.1, 0.15) is 0 Å². The summed E-state index contributed by atoms with van der Waals surface area (Å²) in [6.45, 7) is 12.5. The molecule has 40 heavy (non-hydrogen) atoms. The molecule has 1 N–H and O–H groups in total. The number of ketones is 1. The van der Waals surface area contributed by atoms with Crippen LogP contribution in [0.1, 0.15) is 91.9 Å². The molecule has 5 rings (SSSR count). The molecule has 2 unspecified atom stereocenters. The van der Waals surface area contributed by atoms with Gasteiger partial charge in [-0.1, -0.05) is 31.5 Å². The van der Waals surface area contributed by atoms with Crippen LogP contribution >= 0.6 is 0 Å². The fourth-order valence-electron chi connectivity index (χ4n) is 9.64. The van der Waals surface area contributed by atoms with E-state index in [9.17, 15) is 9.59 Å². The van der Waals surface area contributed by atoms with E-state index in [-0.39, 0.29) is 16.9 Å². The van der Waals surface area contributed by atoms with E-state index in [2.05, 4.69) is 43.1 Å². The highest BCUT2D eigenvalue weighted by Crippen LogP contribution is 2.66. The van der Waals surface area contributed by atoms with Gasteiger partial charge in [0, 0.05) is 38.0 Å². The average molecular weight is 555 g/mol. The van der Waals surface area contributed by atoms with Gasteiger partial charge < -0.3 is 15.1 Å². The molecule has 1 aliphatic heterocycles. The molecule has 1 heterocycles. The van der Waals surface area contributed by atoms with Crippen LogP contribution in [0.15, 0.2) is 16.8 Å². The number of fused-ring (bicyclic) bond motifs is 5. The second kappa shape index (κ2) is 11.9. The lowest BCUT2D eigenvalue weighted by Crippen LogP contribution is -2.51. The Bertz CT molecular complexity index is 1020. The van der Waals surface area contributed by atoms with Gasteiger partial charge in [-0.05, 0) is 126 Å². The van der Waals surface area contributed by atoms with E-state index in [0.29, 0.717) is 55.0 Å². The summed E-state index contributed by atoms with van der Waals surface area (Å²) < 4.78 is 0. The Labute approximate surface area is 242 Å². The highest BCUT2D eigenvalue weighted by atomic mass is 16.7. The van der Waals surface area contributed by atoms with Crippen molar-refractivity contribution < 1.29 is 14.4 Å². The van der Waals surface area contributed by atoms with Crippen molar-refractivity contribution in [3.63, 3.8) is 0 Å². The summed E-state index contributed by atoms with van der Waals surface area (Å²) in [5, 5.41) is 8.11. The molecule has 0 aromatic heterocycles. The van der Waals surface area contributed by atoms with Gasteiger partial charge in [0.05, 0.1) is 5.71 Å². The molecule has 0 spiro atoms. The number of hydrogen-bond donors (Lipinski definition) is 1. The number of likely N-dealkylation sites (N-methyl/N-ethyl adjacent to an activating group) is 1. The Morgan fingerprint density at radius 1 is 1.07 bits per heavy atom. The Kier molecular flexibility index (Phi) is 8.83. The second-order valence-electron chi connectivity index (χ2n) is 14.8. The van der Waals surface area contributed by atoms with Crippen LogP contribution in [-0.2, 0) is 9.63 Å². The molecule has 0 aromatic rings. The summed E-state index contributed by atoms with van der Waals surface area (Å²) in [4.78, 5) is 35.0.